The molecule has 1 heterocycles. The van der Waals surface area contributed by atoms with E-state index in [0.29, 0.717) is 5.69 Å². The molecule has 0 amide bonds. The summed E-state index contributed by atoms with van der Waals surface area (Å²) in [7, 11) is 1.62. The molecule has 5 nitrogen and oxygen atoms in total. The van der Waals surface area contributed by atoms with Crippen molar-refractivity contribution in [2.24, 2.45) is 5.29 Å². The first-order valence-corrected chi connectivity index (χ1v) is 6.49. The maximum atomic E-state index is 10.5. The van der Waals surface area contributed by atoms with Crippen molar-refractivity contribution >= 4 is 27.2 Å². The van der Waals surface area contributed by atoms with Crippen LogP contribution in [-0.2, 0) is 0 Å². The van der Waals surface area contributed by atoms with Gasteiger partial charge in [0.15, 0.2) is 7.05 Å². The first kappa shape index (κ1) is 14.4. The summed E-state index contributed by atoms with van der Waals surface area (Å²) in [6.07, 6.45) is 0. The largest absolute Gasteiger partial charge is 1.00 e. The summed E-state index contributed by atoms with van der Waals surface area (Å²) in [6, 6.07) is 11.3. The van der Waals surface area contributed by atoms with Crippen LogP contribution >= 0.6 is 11.3 Å². The lowest BCUT2D eigenvalue weighted by atomic mass is 10.2. The Balaban J connectivity index is 0.00000147. The van der Waals surface area contributed by atoms with E-state index in [2.05, 4.69) is 10.3 Å². The van der Waals surface area contributed by atoms with Crippen LogP contribution in [0.25, 0.3) is 20.8 Å². The van der Waals surface area contributed by atoms with Gasteiger partial charge in [-0.3, -0.25) is 0 Å². The lowest BCUT2D eigenvalue weighted by Gasteiger charge is -2.05. The Morgan fingerprint density at radius 3 is 2.80 bits per heavy atom. The van der Waals surface area contributed by atoms with Crippen LogP contribution in [0.2, 0.25) is 0 Å². The highest BCUT2D eigenvalue weighted by Gasteiger charge is 2.09. The minimum atomic E-state index is 0. The van der Waals surface area contributed by atoms with Crippen LogP contribution < -0.4 is 28.2 Å². The van der Waals surface area contributed by atoms with Gasteiger partial charge in [-0.25, -0.2) is 4.98 Å². The van der Waals surface area contributed by atoms with Crippen LogP contribution in [0.3, 0.4) is 0 Å². The minimum absolute atomic E-state index is 0. The molecule has 0 radical (unpaired) electrons. The third-order valence-corrected chi connectivity index (χ3v) is 3.98. The molecule has 1 aromatic rings. The van der Waals surface area contributed by atoms with E-state index in [1.54, 1.807) is 18.4 Å². The fraction of sp³-hybridized carbons (Fsp3) is 0.0769. The average Bonchev–Trinajstić information content (AvgIpc) is 2.43. The average molecular weight is 307 g/mol. The molecule has 1 aliphatic carbocycles. The predicted octanol–water partition coefficient (Wildman–Crippen LogP) is -0.929. The predicted molar refractivity (Wildman–Crippen MR) is 77.6 cm³/mol. The molecule has 0 atom stereocenters. The number of halogens is 1. The monoisotopic (exact) mass is 306 g/mol. The molecule has 0 saturated heterocycles. The molecule has 0 spiro atoms. The van der Waals surface area contributed by atoms with Crippen molar-refractivity contribution in [2.75, 3.05) is 12.8 Å². The topological polar surface area (TPSA) is 71.3 Å². The number of fused-ring (bicyclic) bond motifs is 2. The van der Waals surface area contributed by atoms with Crippen LogP contribution in [0.1, 0.15) is 0 Å². The van der Waals surface area contributed by atoms with Crippen LogP contribution in [-0.4, -0.2) is 12.0 Å². The van der Waals surface area contributed by atoms with Gasteiger partial charge in [-0.2, -0.15) is 0 Å². The van der Waals surface area contributed by atoms with Gasteiger partial charge in [-0.1, -0.05) is 4.91 Å². The number of benzene rings is 2. The Hall–Kier alpha value is -2.05. The Bertz CT molecular complexity index is 830. The number of hydrogen-bond donors (Lipinski definition) is 1. The molecular weight excluding hydrogens is 296 g/mol. The summed E-state index contributed by atoms with van der Waals surface area (Å²) in [5, 5.41) is 3.63. The highest BCUT2D eigenvalue weighted by Crippen LogP contribution is 2.30. The van der Waals surface area contributed by atoms with Crippen molar-refractivity contribution in [1.82, 2.24) is 9.67 Å². The van der Waals surface area contributed by atoms with Crippen molar-refractivity contribution in [3.8, 4) is 10.6 Å². The molecule has 1 aliphatic heterocycles. The van der Waals surface area contributed by atoms with Gasteiger partial charge in [0, 0.05) is 17.8 Å². The third kappa shape index (κ3) is 2.48. The SMILES string of the molecule is C[N+](N=O)=c1ccc2nc3ccc(N)cc3sc-2c1.[Cl-]. The summed E-state index contributed by atoms with van der Waals surface area (Å²) in [5.74, 6) is 0. The maximum Gasteiger partial charge on any atom is 0.239 e. The summed E-state index contributed by atoms with van der Waals surface area (Å²) in [5.41, 5.74) is 8.31. The molecule has 0 aromatic heterocycles. The molecular formula is C13H11ClN4OS. The molecule has 0 fully saturated rings. The molecule has 2 N–H and O–H groups in total. The zero-order chi connectivity index (χ0) is 13.4. The van der Waals surface area contributed by atoms with E-state index in [-0.39, 0.29) is 12.4 Å². The number of nitrogens with zero attached hydrogens (tertiary/aromatic N) is 3. The fourth-order valence-electron chi connectivity index (χ4n) is 1.88. The quantitative estimate of drug-likeness (QED) is 0.208. The van der Waals surface area contributed by atoms with Gasteiger partial charge >= 0.3 is 0 Å². The van der Waals surface area contributed by atoms with Crippen LogP contribution in [0, 0.1) is 4.91 Å². The summed E-state index contributed by atoms with van der Waals surface area (Å²) >= 11 is 1.59. The minimum Gasteiger partial charge on any atom is -1.00 e. The van der Waals surface area contributed by atoms with E-state index < -0.39 is 0 Å². The number of aromatic nitrogens is 1. The van der Waals surface area contributed by atoms with E-state index in [0.717, 1.165) is 26.1 Å². The first-order chi connectivity index (χ1) is 9.17. The molecule has 0 unspecified atom stereocenters. The summed E-state index contributed by atoms with van der Waals surface area (Å²) in [4.78, 5) is 16.1. The molecule has 2 aliphatic rings. The molecule has 7 heteroatoms. The van der Waals surface area contributed by atoms with Crippen LogP contribution in [0.15, 0.2) is 41.7 Å². The Morgan fingerprint density at radius 1 is 1.25 bits per heavy atom. The second-order valence-corrected chi connectivity index (χ2v) is 5.28. The van der Waals surface area contributed by atoms with Crippen LogP contribution in [0.4, 0.5) is 5.69 Å². The standard InChI is InChI=1S/C13H10N4OS.ClH/c1-17(16-18)9-3-5-11-13(7-9)19-12-6-8(14)2-4-10(12)15-11;/h2-7,14H,1H3;1H. The number of nitroso groups, excluding NO2 is 1. The number of rotatable bonds is 1. The smallest absolute Gasteiger partial charge is 0.239 e. The molecule has 3 rings (SSSR count). The Kier molecular flexibility index (Phi) is 3.96. The Morgan fingerprint density at radius 2 is 2.05 bits per heavy atom. The van der Waals surface area contributed by atoms with E-state index in [9.17, 15) is 4.91 Å². The zero-order valence-corrected chi connectivity index (χ0v) is 12.1. The highest BCUT2D eigenvalue weighted by molar-refractivity contribution is 7.21. The van der Waals surface area contributed by atoms with Crippen molar-refractivity contribution in [2.45, 2.75) is 0 Å². The lowest BCUT2D eigenvalue weighted by Crippen LogP contribution is -3.00. The van der Waals surface area contributed by atoms with Gasteiger partial charge in [-0.05, 0) is 28.9 Å². The highest BCUT2D eigenvalue weighted by atomic mass is 35.5. The Labute approximate surface area is 125 Å². The van der Waals surface area contributed by atoms with Gasteiger partial charge in [0.2, 0.25) is 10.6 Å². The van der Waals surface area contributed by atoms with Crippen LogP contribution in [0.5, 0.6) is 0 Å². The second-order valence-electron chi connectivity index (χ2n) is 4.20. The molecule has 20 heavy (non-hydrogen) atoms. The zero-order valence-electron chi connectivity index (χ0n) is 10.6. The molecule has 0 saturated carbocycles. The van der Waals surface area contributed by atoms with Crippen molar-refractivity contribution in [3.05, 3.63) is 46.7 Å². The van der Waals surface area contributed by atoms with Crippen molar-refractivity contribution in [1.29, 1.82) is 0 Å². The number of hydrogen-bond acceptors (Lipinski definition) is 5. The van der Waals surface area contributed by atoms with Crippen molar-refractivity contribution in [3.63, 3.8) is 0 Å². The van der Waals surface area contributed by atoms with E-state index in [1.807, 2.05) is 36.4 Å². The van der Waals surface area contributed by atoms with Gasteiger partial charge in [0.1, 0.15) is 0 Å². The van der Waals surface area contributed by atoms with Crippen molar-refractivity contribution < 1.29 is 12.4 Å². The third-order valence-electron chi connectivity index (χ3n) is 2.88. The number of nitrogen functional groups attached to an aromatic ring is 1. The number of anilines is 1. The lowest BCUT2D eigenvalue weighted by molar-refractivity contribution is -0.00000386. The van der Waals surface area contributed by atoms with E-state index in [4.69, 9.17) is 5.73 Å². The molecule has 102 valence electrons. The van der Waals surface area contributed by atoms with Gasteiger partial charge in [0.25, 0.3) is 0 Å². The second kappa shape index (κ2) is 5.52. The normalized spacial score (nSPS) is 12.1. The molecule has 0 bridgehead atoms. The van der Waals surface area contributed by atoms with E-state index >= 15 is 0 Å². The fourth-order valence-corrected chi connectivity index (χ4v) is 2.93. The first-order valence-electron chi connectivity index (χ1n) is 5.67. The summed E-state index contributed by atoms with van der Waals surface area (Å²) in [6.45, 7) is 0. The van der Waals surface area contributed by atoms with Gasteiger partial charge in [0.05, 0.1) is 20.8 Å². The van der Waals surface area contributed by atoms with Gasteiger partial charge in [-0.15, -0.1) is 11.3 Å². The van der Waals surface area contributed by atoms with Gasteiger partial charge < -0.3 is 18.1 Å². The van der Waals surface area contributed by atoms with E-state index in [1.165, 1.54) is 4.68 Å². The summed E-state index contributed by atoms with van der Waals surface area (Å²) < 4.78 is 2.31. The number of nitrogens with two attached hydrogens (primary N) is 1. The maximum absolute atomic E-state index is 10.5. The molecule has 1 aromatic carbocycles.